The van der Waals surface area contributed by atoms with Crippen molar-refractivity contribution in [3.05, 3.63) is 54.9 Å². The number of hydrogen-bond donors (Lipinski definition) is 1. The lowest BCUT2D eigenvalue weighted by molar-refractivity contribution is 0.102. The third kappa shape index (κ3) is 3.08. The molecule has 1 saturated carbocycles. The molecule has 1 aliphatic rings. The smallest absolute Gasteiger partial charge is 0.276 e. The minimum absolute atomic E-state index is 0.281. The van der Waals surface area contributed by atoms with Gasteiger partial charge in [0.05, 0.1) is 24.9 Å². The number of rotatable bonds is 5. The van der Waals surface area contributed by atoms with Gasteiger partial charge in [-0.25, -0.2) is 9.97 Å². The number of methoxy groups -OCH3 is 1. The van der Waals surface area contributed by atoms with Crippen LogP contribution in [-0.2, 0) is 0 Å². The molecule has 0 unspecified atom stereocenters. The Morgan fingerprint density at radius 2 is 2.07 bits per heavy atom. The van der Waals surface area contributed by atoms with Gasteiger partial charge in [-0.1, -0.05) is 12.8 Å². The van der Waals surface area contributed by atoms with Gasteiger partial charge in [0.15, 0.2) is 11.5 Å². The monoisotopic (exact) mass is 403 g/mol. The predicted molar refractivity (Wildman–Crippen MR) is 110 cm³/mol. The highest BCUT2D eigenvalue weighted by Crippen LogP contribution is 2.33. The number of pyridine rings is 1. The largest absolute Gasteiger partial charge is 0.480 e. The lowest BCUT2D eigenvalue weighted by atomic mass is 10.2. The van der Waals surface area contributed by atoms with Crippen LogP contribution in [0, 0.1) is 0 Å². The van der Waals surface area contributed by atoms with E-state index in [9.17, 15) is 4.79 Å². The predicted octanol–water partition coefficient (Wildman–Crippen LogP) is 3.36. The molecular weight excluding hydrogens is 382 g/mol. The molecular formula is C21H21N7O2. The van der Waals surface area contributed by atoms with Gasteiger partial charge in [-0.2, -0.15) is 5.10 Å². The second-order valence-electron chi connectivity index (χ2n) is 7.23. The minimum atomic E-state index is -0.356. The first-order valence-electron chi connectivity index (χ1n) is 9.92. The maximum Gasteiger partial charge on any atom is 0.276 e. The molecule has 1 aliphatic carbocycles. The van der Waals surface area contributed by atoms with Gasteiger partial charge in [0.1, 0.15) is 11.4 Å². The van der Waals surface area contributed by atoms with Gasteiger partial charge in [-0.3, -0.25) is 18.9 Å². The number of ether oxygens (including phenoxy) is 1. The molecule has 5 rings (SSSR count). The molecule has 0 saturated heterocycles. The molecule has 0 spiro atoms. The first kappa shape index (κ1) is 18.3. The van der Waals surface area contributed by atoms with E-state index < -0.39 is 0 Å². The number of amides is 1. The highest BCUT2D eigenvalue weighted by atomic mass is 16.5. The van der Waals surface area contributed by atoms with E-state index in [1.165, 1.54) is 20.0 Å². The molecule has 1 amide bonds. The molecule has 1 N–H and O–H groups in total. The first-order chi connectivity index (χ1) is 14.8. The fourth-order valence-corrected chi connectivity index (χ4v) is 4.05. The molecule has 4 aromatic heterocycles. The average Bonchev–Trinajstić information content (AvgIpc) is 3.52. The number of imidazole rings is 1. The summed E-state index contributed by atoms with van der Waals surface area (Å²) in [7, 11) is 1.51. The third-order valence-corrected chi connectivity index (χ3v) is 5.44. The van der Waals surface area contributed by atoms with Gasteiger partial charge >= 0.3 is 0 Å². The topological polar surface area (TPSA) is 99.2 Å². The van der Waals surface area contributed by atoms with E-state index in [-0.39, 0.29) is 11.6 Å². The van der Waals surface area contributed by atoms with E-state index in [1.54, 1.807) is 36.9 Å². The Morgan fingerprint density at radius 1 is 1.20 bits per heavy atom. The zero-order valence-corrected chi connectivity index (χ0v) is 16.5. The summed E-state index contributed by atoms with van der Waals surface area (Å²) < 4.78 is 9.15. The number of anilines is 1. The lowest BCUT2D eigenvalue weighted by Gasteiger charge is -2.13. The maximum absolute atomic E-state index is 13.1. The molecule has 9 heteroatoms. The van der Waals surface area contributed by atoms with Crippen LogP contribution < -0.4 is 10.1 Å². The Labute approximate surface area is 172 Å². The quantitative estimate of drug-likeness (QED) is 0.549. The summed E-state index contributed by atoms with van der Waals surface area (Å²) in [6.07, 6.45) is 13.1. The van der Waals surface area contributed by atoms with Gasteiger partial charge in [-0.05, 0) is 31.0 Å². The zero-order valence-electron chi connectivity index (χ0n) is 16.5. The minimum Gasteiger partial charge on any atom is -0.480 e. The van der Waals surface area contributed by atoms with E-state index >= 15 is 0 Å². The van der Waals surface area contributed by atoms with Crippen molar-refractivity contribution in [3.63, 3.8) is 0 Å². The van der Waals surface area contributed by atoms with Gasteiger partial charge in [-0.15, -0.1) is 0 Å². The van der Waals surface area contributed by atoms with Crippen LogP contribution in [0.5, 0.6) is 5.88 Å². The third-order valence-electron chi connectivity index (χ3n) is 5.44. The standard InChI is InChI=1S/C21H21N7O2/c1-30-21-15(7-4-9-23-21)25-20(29)18-17-13-22-11-12-27(17)19(26-18)16-8-10-24-28(16)14-5-2-3-6-14/h4,7-14H,2-3,5-6H2,1H3,(H,25,29). The second kappa shape index (κ2) is 7.58. The summed E-state index contributed by atoms with van der Waals surface area (Å²) in [5.74, 6) is 0.650. The van der Waals surface area contributed by atoms with Crippen LogP contribution in [-0.4, -0.2) is 42.2 Å². The number of nitrogens with zero attached hydrogens (tertiary/aromatic N) is 6. The molecule has 9 nitrogen and oxygen atoms in total. The normalized spacial score (nSPS) is 14.3. The van der Waals surface area contributed by atoms with Crippen LogP contribution in [0.2, 0.25) is 0 Å². The number of aromatic nitrogens is 6. The number of hydrogen-bond acceptors (Lipinski definition) is 6. The molecule has 152 valence electrons. The Balaban J connectivity index is 1.57. The fraction of sp³-hybridized carbons (Fsp3) is 0.286. The van der Waals surface area contributed by atoms with Crippen molar-refractivity contribution in [2.45, 2.75) is 31.7 Å². The summed E-state index contributed by atoms with van der Waals surface area (Å²) in [6.45, 7) is 0. The highest BCUT2D eigenvalue weighted by molar-refractivity contribution is 6.08. The van der Waals surface area contributed by atoms with Gasteiger partial charge in [0.25, 0.3) is 5.91 Å². The van der Waals surface area contributed by atoms with Crippen LogP contribution in [0.1, 0.15) is 42.2 Å². The molecule has 1 fully saturated rings. The van der Waals surface area contributed by atoms with Crippen LogP contribution in [0.25, 0.3) is 17.0 Å². The average molecular weight is 403 g/mol. The van der Waals surface area contributed by atoms with Gasteiger partial charge < -0.3 is 10.1 Å². The number of carbonyl (C=O) groups excluding carboxylic acids is 1. The van der Waals surface area contributed by atoms with Crippen LogP contribution >= 0.6 is 0 Å². The number of fused-ring (bicyclic) bond motifs is 1. The summed E-state index contributed by atoms with van der Waals surface area (Å²) in [4.78, 5) is 26.1. The molecule has 0 aromatic carbocycles. The SMILES string of the molecule is COc1ncccc1NC(=O)c1nc(-c2ccnn2C2CCCC2)n2ccncc12. The van der Waals surface area contributed by atoms with E-state index in [0.29, 0.717) is 29.0 Å². The summed E-state index contributed by atoms with van der Waals surface area (Å²) in [6, 6.07) is 5.77. The second-order valence-corrected chi connectivity index (χ2v) is 7.23. The highest BCUT2D eigenvalue weighted by Gasteiger charge is 2.25. The van der Waals surface area contributed by atoms with E-state index in [4.69, 9.17) is 9.72 Å². The van der Waals surface area contributed by atoms with Gasteiger partial charge in [0.2, 0.25) is 5.88 Å². The summed E-state index contributed by atoms with van der Waals surface area (Å²) in [5.41, 5.74) is 2.27. The molecule has 30 heavy (non-hydrogen) atoms. The number of nitrogens with one attached hydrogen (secondary N) is 1. The van der Waals surface area contributed by atoms with Crippen molar-refractivity contribution < 1.29 is 9.53 Å². The molecule has 4 heterocycles. The van der Waals surface area contributed by atoms with Crippen molar-refractivity contribution in [1.29, 1.82) is 0 Å². The summed E-state index contributed by atoms with van der Waals surface area (Å²) in [5, 5.41) is 7.39. The van der Waals surface area contributed by atoms with Crippen molar-refractivity contribution >= 4 is 17.1 Å². The van der Waals surface area contributed by atoms with E-state index in [0.717, 1.165) is 18.5 Å². The van der Waals surface area contributed by atoms with Crippen LogP contribution in [0.15, 0.2) is 49.2 Å². The maximum atomic E-state index is 13.1. The van der Waals surface area contributed by atoms with Gasteiger partial charge in [0, 0.05) is 24.8 Å². The van der Waals surface area contributed by atoms with Crippen molar-refractivity contribution in [2.75, 3.05) is 12.4 Å². The van der Waals surface area contributed by atoms with Crippen LogP contribution in [0.4, 0.5) is 5.69 Å². The lowest BCUT2D eigenvalue weighted by Crippen LogP contribution is -2.14. The van der Waals surface area contributed by atoms with Crippen molar-refractivity contribution in [1.82, 2.24) is 29.1 Å². The molecule has 4 aromatic rings. The zero-order chi connectivity index (χ0) is 20.5. The molecule has 0 atom stereocenters. The first-order valence-corrected chi connectivity index (χ1v) is 9.92. The Morgan fingerprint density at radius 3 is 2.90 bits per heavy atom. The molecule has 0 aliphatic heterocycles. The molecule has 0 bridgehead atoms. The van der Waals surface area contributed by atoms with E-state index in [1.807, 2.05) is 21.3 Å². The van der Waals surface area contributed by atoms with E-state index in [2.05, 4.69) is 20.4 Å². The molecule has 0 radical (unpaired) electrons. The van der Waals surface area contributed by atoms with Crippen molar-refractivity contribution in [3.8, 4) is 17.4 Å². The van der Waals surface area contributed by atoms with Crippen LogP contribution in [0.3, 0.4) is 0 Å². The van der Waals surface area contributed by atoms with Crippen molar-refractivity contribution in [2.24, 2.45) is 0 Å². The Bertz CT molecular complexity index is 1210. The Kier molecular flexibility index (Phi) is 4.62. The Hall–Kier alpha value is -3.75. The fourth-order valence-electron chi connectivity index (χ4n) is 4.05. The number of carbonyl (C=O) groups is 1. The summed E-state index contributed by atoms with van der Waals surface area (Å²) >= 11 is 0.